The van der Waals surface area contributed by atoms with Gasteiger partial charge < -0.3 is 9.64 Å². The Labute approximate surface area is 81.0 Å². The van der Waals surface area contributed by atoms with Crippen molar-refractivity contribution in [2.75, 3.05) is 20.2 Å². The zero-order valence-electron chi connectivity index (χ0n) is 7.54. The van der Waals surface area contributed by atoms with Crippen LogP contribution >= 0.6 is 0 Å². The summed E-state index contributed by atoms with van der Waals surface area (Å²) < 4.78 is 15.5. The number of hydrogen-bond donors (Lipinski definition) is 0. The summed E-state index contributed by atoms with van der Waals surface area (Å²) in [6.45, 7) is -0.451. The maximum atomic E-state index is 11.2. The zero-order valence-corrected chi connectivity index (χ0v) is 7.54. The molecule has 0 saturated heterocycles. The van der Waals surface area contributed by atoms with Crippen LogP contribution < -0.4 is 0 Å². The van der Waals surface area contributed by atoms with Crippen molar-refractivity contribution >= 4 is 11.9 Å². The molecular weight excluding hydrogens is 189 g/mol. The van der Waals surface area contributed by atoms with Crippen LogP contribution in [0.15, 0.2) is 0 Å². The molecule has 0 bridgehead atoms. The Bertz CT molecular complexity index is 321. The number of terminal acetylenes is 1. The van der Waals surface area contributed by atoms with Crippen LogP contribution in [0.3, 0.4) is 0 Å². The summed E-state index contributed by atoms with van der Waals surface area (Å²) in [4.78, 5) is 22.9. The van der Waals surface area contributed by atoms with E-state index in [1.807, 2.05) is 5.92 Å². The molecule has 0 aliphatic heterocycles. The Hall–Kier alpha value is -2.01. The van der Waals surface area contributed by atoms with Crippen LogP contribution in [0, 0.1) is 24.4 Å². The first-order chi connectivity index (χ1) is 6.63. The standard InChI is InChI=1S/C9H8FNO3/c1-3-6-11(2)8(12)9(13)14-7-4-5-10/h1H,6-7H2,2H3. The van der Waals surface area contributed by atoms with Crippen LogP contribution in [-0.4, -0.2) is 37.0 Å². The van der Waals surface area contributed by atoms with Crippen molar-refractivity contribution in [3.05, 3.63) is 0 Å². The molecule has 0 atom stereocenters. The Morgan fingerprint density at radius 2 is 2.21 bits per heavy atom. The third-order valence-corrected chi connectivity index (χ3v) is 1.19. The van der Waals surface area contributed by atoms with Crippen LogP contribution in [0.1, 0.15) is 0 Å². The van der Waals surface area contributed by atoms with Gasteiger partial charge in [0.2, 0.25) is 0 Å². The molecule has 1 amide bonds. The quantitative estimate of drug-likeness (QED) is 0.342. The lowest BCUT2D eigenvalue weighted by atomic mass is 10.5. The first kappa shape index (κ1) is 12.0. The van der Waals surface area contributed by atoms with E-state index >= 15 is 0 Å². The highest BCUT2D eigenvalue weighted by molar-refractivity contribution is 6.32. The molecule has 0 heterocycles. The Morgan fingerprint density at radius 1 is 1.57 bits per heavy atom. The molecule has 0 spiro atoms. The van der Waals surface area contributed by atoms with E-state index in [1.165, 1.54) is 7.05 Å². The van der Waals surface area contributed by atoms with E-state index in [-0.39, 0.29) is 6.54 Å². The molecule has 0 radical (unpaired) electrons. The average Bonchev–Trinajstić information content (AvgIpc) is 2.17. The third-order valence-electron chi connectivity index (χ3n) is 1.19. The molecule has 0 aromatic carbocycles. The van der Waals surface area contributed by atoms with Gasteiger partial charge in [-0.1, -0.05) is 5.92 Å². The van der Waals surface area contributed by atoms with Crippen LogP contribution in [0.4, 0.5) is 4.39 Å². The molecule has 5 heteroatoms. The fraction of sp³-hybridized carbons (Fsp3) is 0.333. The molecule has 0 aliphatic rings. The molecule has 14 heavy (non-hydrogen) atoms. The minimum Gasteiger partial charge on any atom is -0.445 e. The number of carbonyl (C=O) groups is 2. The van der Waals surface area contributed by atoms with Gasteiger partial charge in [-0.05, 0) is 5.92 Å². The summed E-state index contributed by atoms with van der Waals surface area (Å²) >= 11 is 0. The molecule has 0 saturated carbocycles. The lowest BCUT2D eigenvalue weighted by Crippen LogP contribution is -2.34. The SMILES string of the molecule is C#CCN(C)C(=O)C(=O)OCC#CF. The number of hydrogen-bond acceptors (Lipinski definition) is 3. The first-order valence-electron chi connectivity index (χ1n) is 3.57. The normalized spacial score (nSPS) is 7.79. The molecular formula is C9H8FNO3. The van der Waals surface area contributed by atoms with Gasteiger partial charge in [-0.2, -0.15) is 0 Å². The molecule has 0 aliphatic carbocycles. The van der Waals surface area contributed by atoms with Gasteiger partial charge in [-0.25, -0.2) is 4.79 Å². The van der Waals surface area contributed by atoms with Crippen LogP contribution in [0.5, 0.6) is 0 Å². The summed E-state index contributed by atoms with van der Waals surface area (Å²) in [5.41, 5.74) is 0. The topological polar surface area (TPSA) is 46.6 Å². The molecule has 0 aromatic rings. The number of esters is 1. The van der Waals surface area contributed by atoms with Crippen molar-refractivity contribution in [3.63, 3.8) is 0 Å². The van der Waals surface area contributed by atoms with Gasteiger partial charge in [0.05, 0.1) is 6.54 Å². The van der Waals surface area contributed by atoms with Crippen LogP contribution in [-0.2, 0) is 14.3 Å². The number of nitrogens with zero attached hydrogens (tertiary/aromatic N) is 1. The van der Waals surface area contributed by atoms with Crippen molar-refractivity contribution in [1.82, 2.24) is 4.90 Å². The van der Waals surface area contributed by atoms with Gasteiger partial charge in [0, 0.05) is 7.05 Å². The number of amides is 1. The minimum atomic E-state index is -1.11. The van der Waals surface area contributed by atoms with Crippen LogP contribution in [0.25, 0.3) is 0 Å². The lowest BCUT2D eigenvalue weighted by Gasteiger charge is -2.11. The number of likely N-dealkylation sites (N-methyl/N-ethyl adjacent to an activating group) is 1. The van der Waals surface area contributed by atoms with Gasteiger partial charge >= 0.3 is 11.9 Å². The van der Waals surface area contributed by atoms with Gasteiger partial charge in [-0.15, -0.1) is 10.8 Å². The van der Waals surface area contributed by atoms with Crippen LogP contribution in [0.2, 0.25) is 0 Å². The second-order valence-corrected chi connectivity index (χ2v) is 2.21. The molecule has 74 valence electrons. The predicted octanol–water partition coefficient (Wildman–Crippen LogP) is -0.448. The summed E-state index contributed by atoms with van der Waals surface area (Å²) in [7, 11) is 1.35. The molecule has 4 nitrogen and oxygen atoms in total. The fourth-order valence-corrected chi connectivity index (χ4v) is 0.555. The van der Waals surface area contributed by atoms with Crippen molar-refractivity contribution in [2.45, 2.75) is 0 Å². The summed E-state index contributed by atoms with van der Waals surface area (Å²) in [5.74, 6) is 2.02. The molecule has 0 N–H and O–H groups in total. The van der Waals surface area contributed by atoms with E-state index in [1.54, 1.807) is 0 Å². The average molecular weight is 197 g/mol. The zero-order chi connectivity index (χ0) is 11.0. The lowest BCUT2D eigenvalue weighted by molar-refractivity contribution is -0.158. The smallest absolute Gasteiger partial charge is 0.398 e. The highest BCUT2D eigenvalue weighted by Crippen LogP contribution is 1.87. The number of halogens is 1. The van der Waals surface area contributed by atoms with E-state index in [0.717, 1.165) is 11.1 Å². The number of ether oxygens (including phenoxy) is 1. The molecule has 0 unspecified atom stereocenters. The highest BCUT2D eigenvalue weighted by Gasteiger charge is 2.18. The Kier molecular flexibility index (Phi) is 5.57. The van der Waals surface area contributed by atoms with Gasteiger partial charge in [0.25, 0.3) is 0 Å². The third kappa shape index (κ3) is 4.13. The Balaban J connectivity index is 4.04. The maximum Gasteiger partial charge on any atom is 0.398 e. The number of carbonyl (C=O) groups excluding carboxylic acids is 2. The summed E-state index contributed by atoms with van der Waals surface area (Å²) in [5, 5.41) is 0. The van der Waals surface area contributed by atoms with E-state index in [2.05, 4.69) is 10.7 Å². The van der Waals surface area contributed by atoms with Crippen molar-refractivity contribution in [1.29, 1.82) is 0 Å². The molecule has 0 aromatic heterocycles. The van der Waals surface area contributed by atoms with Gasteiger partial charge in [0.1, 0.15) is 6.17 Å². The minimum absolute atomic E-state index is 0.00270. The van der Waals surface area contributed by atoms with Gasteiger partial charge in [-0.3, -0.25) is 4.79 Å². The molecule has 0 rings (SSSR count). The largest absolute Gasteiger partial charge is 0.445 e. The maximum absolute atomic E-state index is 11.2. The number of rotatable bonds is 2. The Morgan fingerprint density at radius 3 is 2.71 bits per heavy atom. The van der Waals surface area contributed by atoms with Crippen molar-refractivity contribution in [2.24, 2.45) is 0 Å². The second-order valence-electron chi connectivity index (χ2n) is 2.21. The van der Waals surface area contributed by atoms with Gasteiger partial charge in [0.15, 0.2) is 6.61 Å². The highest BCUT2D eigenvalue weighted by atomic mass is 19.1. The first-order valence-corrected chi connectivity index (χ1v) is 3.57. The summed E-state index contributed by atoms with van der Waals surface area (Å²) in [6.07, 6.45) is 5.95. The van der Waals surface area contributed by atoms with Crippen molar-refractivity contribution in [3.8, 4) is 24.4 Å². The molecule has 0 fully saturated rings. The van der Waals surface area contributed by atoms with E-state index in [0.29, 0.717) is 0 Å². The fourth-order valence-electron chi connectivity index (χ4n) is 0.555. The monoisotopic (exact) mass is 197 g/mol. The van der Waals surface area contributed by atoms with E-state index < -0.39 is 18.5 Å². The van der Waals surface area contributed by atoms with Crippen molar-refractivity contribution < 1.29 is 18.7 Å². The van der Waals surface area contributed by atoms with E-state index in [9.17, 15) is 14.0 Å². The summed E-state index contributed by atoms with van der Waals surface area (Å²) in [6, 6.07) is 0. The van der Waals surface area contributed by atoms with E-state index in [4.69, 9.17) is 6.42 Å². The second kappa shape index (κ2) is 6.50. The predicted molar refractivity (Wildman–Crippen MR) is 46.3 cm³/mol.